The van der Waals surface area contributed by atoms with Crippen LogP contribution in [-0.4, -0.2) is 30.5 Å². The number of carbonyl (C=O) groups excluding carboxylic acids is 2. The Morgan fingerprint density at radius 3 is 2.70 bits per heavy atom. The zero-order chi connectivity index (χ0) is 19.2. The highest BCUT2D eigenvalue weighted by Crippen LogP contribution is 2.27. The van der Waals surface area contributed by atoms with Gasteiger partial charge in [0, 0.05) is 30.7 Å². The number of fused-ring (bicyclic) bond motifs is 1. The van der Waals surface area contributed by atoms with E-state index in [1.165, 1.54) is 6.20 Å². The van der Waals surface area contributed by atoms with Crippen LogP contribution >= 0.6 is 0 Å². The van der Waals surface area contributed by atoms with Gasteiger partial charge in [-0.3, -0.25) is 9.78 Å². The Morgan fingerprint density at radius 1 is 1.11 bits per heavy atom. The Morgan fingerprint density at radius 2 is 1.93 bits per heavy atom. The first-order valence-electron chi connectivity index (χ1n) is 8.73. The molecule has 0 aliphatic carbocycles. The Kier molecular flexibility index (Phi) is 5.66. The molecule has 138 valence electrons. The van der Waals surface area contributed by atoms with Gasteiger partial charge in [-0.05, 0) is 30.7 Å². The molecule has 6 nitrogen and oxygen atoms in total. The Balaban J connectivity index is 1.94. The molecule has 0 bridgehead atoms. The van der Waals surface area contributed by atoms with Gasteiger partial charge in [-0.1, -0.05) is 30.3 Å². The predicted octanol–water partition coefficient (Wildman–Crippen LogP) is 3.38. The van der Waals surface area contributed by atoms with Crippen molar-refractivity contribution in [3.05, 3.63) is 71.4 Å². The average molecular weight is 363 g/mol. The fourth-order valence-corrected chi connectivity index (χ4v) is 2.85. The van der Waals surface area contributed by atoms with Crippen LogP contribution in [0, 0.1) is 0 Å². The van der Waals surface area contributed by atoms with Gasteiger partial charge in [-0.2, -0.15) is 0 Å². The number of aromatic nitrogens is 1. The van der Waals surface area contributed by atoms with Crippen LogP contribution in [0.25, 0.3) is 10.9 Å². The molecule has 0 radical (unpaired) electrons. The number of ether oxygens (including phenoxy) is 1. The molecule has 1 amide bonds. The van der Waals surface area contributed by atoms with Crippen molar-refractivity contribution in [3.63, 3.8) is 0 Å². The lowest BCUT2D eigenvalue weighted by molar-refractivity contribution is 0.0527. The molecule has 0 spiro atoms. The molecule has 0 saturated carbocycles. The lowest BCUT2D eigenvalue weighted by Crippen LogP contribution is -2.18. The van der Waals surface area contributed by atoms with E-state index in [0.29, 0.717) is 30.0 Å². The second-order valence-corrected chi connectivity index (χ2v) is 5.92. The first kappa shape index (κ1) is 18.4. The van der Waals surface area contributed by atoms with Crippen molar-refractivity contribution in [2.45, 2.75) is 13.5 Å². The van der Waals surface area contributed by atoms with Crippen molar-refractivity contribution in [2.75, 3.05) is 19.0 Å². The molecule has 6 heteroatoms. The summed E-state index contributed by atoms with van der Waals surface area (Å²) in [7, 11) is 1.60. The molecule has 1 aromatic heterocycles. The molecule has 0 fully saturated rings. The minimum Gasteiger partial charge on any atom is -0.462 e. The molecule has 0 saturated heterocycles. The second-order valence-electron chi connectivity index (χ2n) is 5.92. The number of hydrogen-bond acceptors (Lipinski definition) is 5. The number of carbonyl (C=O) groups is 2. The zero-order valence-electron chi connectivity index (χ0n) is 15.3. The topological polar surface area (TPSA) is 80.3 Å². The van der Waals surface area contributed by atoms with Crippen LogP contribution in [0.5, 0.6) is 0 Å². The standard InChI is InChI=1S/C21H21N3O3/c1-3-27-21(26)17-13-23-18-10-5-4-9-16(18)19(17)24-12-14-7-6-8-15(11-14)20(25)22-2/h4-11,13H,3,12H2,1-2H3,(H,22,25)(H,23,24). The van der Waals surface area contributed by atoms with Gasteiger partial charge in [-0.25, -0.2) is 4.79 Å². The molecule has 0 aliphatic rings. The van der Waals surface area contributed by atoms with Gasteiger partial charge in [0.1, 0.15) is 5.56 Å². The van der Waals surface area contributed by atoms with E-state index in [4.69, 9.17) is 4.74 Å². The molecular formula is C21H21N3O3. The van der Waals surface area contributed by atoms with Crippen LogP contribution in [0.1, 0.15) is 33.2 Å². The van der Waals surface area contributed by atoms with E-state index in [1.807, 2.05) is 42.5 Å². The fourth-order valence-electron chi connectivity index (χ4n) is 2.85. The van der Waals surface area contributed by atoms with E-state index in [-0.39, 0.29) is 5.91 Å². The van der Waals surface area contributed by atoms with Crippen molar-refractivity contribution in [1.29, 1.82) is 0 Å². The van der Waals surface area contributed by atoms with E-state index in [9.17, 15) is 9.59 Å². The molecule has 3 rings (SSSR count). The minimum absolute atomic E-state index is 0.140. The number of amides is 1. The van der Waals surface area contributed by atoms with Crippen molar-refractivity contribution in [1.82, 2.24) is 10.3 Å². The molecule has 2 aromatic carbocycles. The fraction of sp³-hybridized carbons (Fsp3) is 0.190. The number of hydrogen-bond donors (Lipinski definition) is 2. The summed E-state index contributed by atoms with van der Waals surface area (Å²) in [6.07, 6.45) is 1.53. The van der Waals surface area contributed by atoms with Gasteiger partial charge in [0.25, 0.3) is 5.91 Å². The lowest BCUT2D eigenvalue weighted by atomic mass is 10.1. The molecule has 0 aliphatic heterocycles. The SMILES string of the molecule is CCOC(=O)c1cnc2ccccc2c1NCc1cccc(C(=O)NC)c1. The first-order valence-corrected chi connectivity index (χ1v) is 8.73. The molecule has 2 N–H and O–H groups in total. The number of nitrogens with zero attached hydrogens (tertiary/aromatic N) is 1. The summed E-state index contributed by atoms with van der Waals surface area (Å²) in [6.45, 7) is 2.51. The van der Waals surface area contributed by atoms with Crippen LogP contribution in [0.2, 0.25) is 0 Å². The maximum Gasteiger partial charge on any atom is 0.341 e. The second kappa shape index (κ2) is 8.31. The van der Waals surface area contributed by atoms with E-state index < -0.39 is 5.97 Å². The van der Waals surface area contributed by atoms with Crippen molar-refractivity contribution in [3.8, 4) is 0 Å². The monoisotopic (exact) mass is 363 g/mol. The van der Waals surface area contributed by atoms with E-state index >= 15 is 0 Å². The highest BCUT2D eigenvalue weighted by Gasteiger charge is 2.16. The Labute approximate surface area is 157 Å². The first-order chi connectivity index (χ1) is 13.1. The molecule has 27 heavy (non-hydrogen) atoms. The largest absolute Gasteiger partial charge is 0.462 e. The summed E-state index contributed by atoms with van der Waals surface area (Å²) in [4.78, 5) is 28.5. The maximum atomic E-state index is 12.3. The number of benzene rings is 2. The van der Waals surface area contributed by atoms with Gasteiger partial charge in [0.05, 0.1) is 17.8 Å². The van der Waals surface area contributed by atoms with Crippen LogP contribution in [0.15, 0.2) is 54.7 Å². The number of anilines is 1. The minimum atomic E-state index is -0.419. The van der Waals surface area contributed by atoms with Crippen molar-refractivity contribution >= 4 is 28.5 Å². The summed E-state index contributed by atoms with van der Waals surface area (Å²) in [6, 6.07) is 14.9. The number of esters is 1. The Hall–Kier alpha value is -3.41. The normalized spacial score (nSPS) is 10.4. The van der Waals surface area contributed by atoms with E-state index in [1.54, 1.807) is 20.0 Å². The summed E-state index contributed by atoms with van der Waals surface area (Å²) >= 11 is 0. The van der Waals surface area contributed by atoms with E-state index in [0.717, 1.165) is 16.5 Å². The van der Waals surface area contributed by atoms with E-state index in [2.05, 4.69) is 15.6 Å². The zero-order valence-corrected chi connectivity index (χ0v) is 15.3. The summed E-state index contributed by atoms with van der Waals surface area (Å²) in [5, 5.41) is 6.78. The lowest BCUT2D eigenvalue weighted by Gasteiger charge is -2.14. The van der Waals surface area contributed by atoms with Gasteiger partial charge < -0.3 is 15.4 Å². The van der Waals surface area contributed by atoms with Gasteiger partial charge in [-0.15, -0.1) is 0 Å². The van der Waals surface area contributed by atoms with Gasteiger partial charge in [0.2, 0.25) is 0 Å². The third kappa shape index (κ3) is 4.06. The number of rotatable bonds is 6. The van der Waals surface area contributed by atoms with Crippen molar-refractivity contribution in [2.24, 2.45) is 0 Å². The number of nitrogens with one attached hydrogen (secondary N) is 2. The molecule has 0 atom stereocenters. The highest BCUT2D eigenvalue weighted by molar-refractivity contribution is 6.04. The Bertz CT molecular complexity index is 985. The third-order valence-corrected chi connectivity index (χ3v) is 4.16. The smallest absolute Gasteiger partial charge is 0.341 e. The van der Waals surface area contributed by atoms with Crippen LogP contribution in [0.3, 0.4) is 0 Å². The van der Waals surface area contributed by atoms with Crippen LogP contribution in [-0.2, 0) is 11.3 Å². The summed E-state index contributed by atoms with van der Waals surface area (Å²) in [5.41, 5.74) is 3.35. The maximum absolute atomic E-state index is 12.3. The van der Waals surface area contributed by atoms with Gasteiger partial charge >= 0.3 is 5.97 Å². The molecular weight excluding hydrogens is 342 g/mol. The van der Waals surface area contributed by atoms with Crippen molar-refractivity contribution < 1.29 is 14.3 Å². The van der Waals surface area contributed by atoms with Gasteiger partial charge in [0.15, 0.2) is 0 Å². The predicted molar refractivity (Wildman–Crippen MR) is 105 cm³/mol. The average Bonchev–Trinajstić information content (AvgIpc) is 2.71. The number of pyridine rings is 1. The molecule has 0 unspecified atom stereocenters. The van der Waals surface area contributed by atoms with Crippen LogP contribution in [0.4, 0.5) is 5.69 Å². The third-order valence-electron chi connectivity index (χ3n) is 4.16. The summed E-state index contributed by atoms with van der Waals surface area (Å²) in [5.74, 6) is -0.559. The number of para-hydroxylation sites is 1. The summed E-state index contributed by atoms with van der Waals surface area (Å²) < 4.78 is 5.16. The quantitative estimate of drug-likeness (QED) is 0.656. The highest BCUT2D eigenvalue weighted by atomic mass is 16.5. The molecule has 3 aromatic rings. The molecule has 1 heterocycles. The van der Waals surface area contributed by atoms with Crippen LogP contribution < -0.4 is 10.6 Å².